The van der Waals surface area contributed by atoms with Gasteiger partial charge in [0, 0.05) is 10.3 Å². The molecular weight excluding hydrogens is 556 g/mol. The van der Waals surface area contributed by atoms with Crippen molar-refractivity contribution < 1.29 is 23.9 Å². The van der Waals surface area contributed by atoms with E-state index in [1.54, 1.807) is 25.1 Å². The first-order chi connectivity index (χ1) is 18.7. The lowest BCUT2D eigenvalue weighted by molar-refractivity contribution is -0.123. The van der Waals surface area contributed by atoms with Crippen LogP contribution < -0.4 is 5.32 Å². The number of fused-ring (bicyclic) bond motifs is 2. The molecule has 5 rings (SSSR count). The summed E-state index contributed by atoms with van der Waals surface area (Å²) in [5.41, 5.74) is 2.87. The van der Waals surface area contributed by atoms with E-state index in [9.17, 15) is 14.4 Å². The summed E-state index contributed by atoms with van der Waals surface area (Å²) in [4.78, 5) is 45.9. The summed E-state index contributed by atoms with van der Waals surface area (Å²) in [7, 11) is 0. The summed E-state index contributed by atoms with van der Waals surface area (Å²) in [5, 5.41) is 3.89. The molecule has 3 aromatic heterocycles. The van der Waals surface area contributed by atoms with Gasteiger partial charge in [-0.15, -0.1) is 22.7 Å². The fourth-order valence-electron chi connectivity index (χ4n) is 4.67. The Morgan fingerprint density at radius 1 is 1.15 bits per heavy atom. The molecule has 0 unspecified atom stereocenters. The first-order valence-corrected chi connectivity index (χ1v) is 14.7. The van der Waals surface area contributed by atoms with E-state index in [0.717, 1.165) is 34.6 Å². The van der Waals surface area contributed by atoms with Crippen LogP contribution in [-0.4, -0.2) is 35.5 Å². The second-order valence-corrected chi connectivity index (χ2v) is 12.3. The largest absolute Gasteiger partial charge is 0.462 e. The summed E-state index contributed by atoms with van der Waals surface area (Å²) in [6, 6.07) is 12.5. The van der Waals surface area contributed by atoms with Gasteiger partial charge in [-0.25, -0.2) is 14.6 Å². The molecule has 2 atom stereocenters. The minimum atomic E-state index is -1.11. The van der Waals surface area contributed by atoms with Gasteiger partial charge in [0.1, 0.15) is 5.00 Å². The number of carbonyl (C=O) groups is 3. The minimum Gasteiger partial charge on any atom is -0.462 e. The molecule has 1 N–H and O–H groups in total. The Morgan fingerprint density at radius 3 is 2.69 bits per heavy atom. The number of para-hydroxylation sites is 1. The summed E-state index contributed by atoms with van der Waals surface area (Å²) in [6.07, 6.45) is 1.46. The fourth-order valence-corrected chi connectivity index (χ4v) is 7.08. The van der Waals surface area contributed by atoms with Gasteiger partial charge in [-0.2, -0.15) is 0 Å². The summed E-state index contributed by atoms with van der Waals surface area (Å²) < 4.78 is 11.5. The first-order valence-electron chi connectivity index (χ1n) is 12.7. The molecule has 1 amide bonds. The molecule has 202 valence electrons. The molecule has 0 saturated heterocycles. The third kappa shape index (κ3) is 5.71. The van der Waals surface area contributed by atoms with Crippen molar-refractivity contribution >= 4 is 68.0 Å². The number of carbonyl (C=O) groups excluding carboxylic acids is 3. The molecule has 0 radical (unpaired) electrons. The second-order valence-electron chi connectivity index (χ2n) is 9.49. The van der Waals surface area contributed by atoms with Crippen LogP contribution in [0.2, 0.25) is 4.34 Å². The number of thiophene rings is 2. The normalized spacial score (nSPS) is 15.4. The topological polar surface area (TPSA) is 94.6 Å². The number of benzene rings is 1. The molecule has 7 nitrogen and oxygen atoms in total. The Bertz CT molecular complexity index is 1580. The van der Waals surface area contributed by atoms with Crippen molar-refractivity contribution in [1.29, 1.82) is 0 Å². The van der Waals surface area contributed by atoms with Gasteiger partial charge in [0.15, 0.2) is 6.10 Å². The van der Waals surface area contributed by atoms with Gasteiger partial charge in [-0.05, 0) is 68.9 Å². The lowest BCUT2D eigenvalue weighted by Gasteiger charge is -2.18. The van der Waals surface area contributed by atoms with Gasteiger partial charge < -0.3 is 14.8 Å². The Morgan fingerprint density at radius 2 is 1.95 bits per heavy atom. The maximum Gasteiger partial charge on any atom is 0.341 e. The van der Waals surface area contributed by atoms with Crippen LogP contribution >= 0.6 is 34.3 Å². The fraction of sp³-hybridized carbons (Fsp3) is 0.310. The quantitative estimate of drug-likeness (QED) is 0.232. The number of nitrogens with one attached hydrogen (secondary N) is 1. The van der Waals surface area contributed by atoms with Crippen LogP contribution in [0.25, 0.3) is 21.5 Å². The number of hydrogen-bond acceptors (Lipinski definition) is 8. The van der Waals surface area contributed by atoms with Gasteiger partial charge in [-0.3, -0.25) is 4.79 Å². The summed E-state index contributed by atoms with van der Waals surface area (Å²) in [6.45, 7) is 5.67. The summed E-state index contributed by atoms with van der Waals surface area (Å²) in [5.74, 6) is -1.12. The van der Waals surface area contributed by atoms with Crippen LogP contribution in [0.3, 0.4) is 0 Å². The smallest absolute Gasteiger partial charge is 0.341 e. The van der Waals surface area contributed by atoms with Crippen LogP contribution in [-0.2, 0) is 27.1 Å². The third-order valence-corrected chi connectivity index (χ3v) is 9.07. The van der Waals surface area contributed by atoms with Crippen molar-refractivity contribution in [3.8, 4) is 10.6 Å². The monoisotopic (exact) mass is 582 g/mol. The predicted molar refractivity (Wildman–Crippen MR) is 155 cm³/mol. The number of anilines is 1. The van der Waals surface area contributed by atoms with Crippen LogP contribution in [0.4, 0.5) is 5.00 Å². The third-order valence-electron chi connectivity index (χ3n) is 6.64. The molecule has 3 heterocycles. The number of rotatable bonds is 7. The average molecular weight is 583 g/mol. The van der Waals surface area contributed by atoms with E-state index < -0.39 is 23.9 Å². The Hall–Kier alpha value is -3.27. The molecule has 4 aromatic rings. The first kappa shape index (κ1) is 27.3. The lowest BCUT2D eigenvalue weighted by atomic mass is 9.88. The van der Waals surface area contributed by atoms with E-state index in [-0.39, 0.29) is 6.61 Å². The molecule has 1 aromatic carbocycles. The maximum absolute atomic E-state index is 13.3. The van der Waals surface area contributed by atoms with Gasteiger partial charge >= 0.3 is 11.9 Å². The predicted octanol–water partition coefficient (Wildman–Crippen LogP) is 7.16. The van der Waals surface area contributed by atoms with Gasteiger partial charge in [-0.1, -0.05) is 36.7 Å². The van der Waals surface area contributed by atoms with Crippen molar-refractivity contribution in [2.75, 3.05) is 11.9 Å². The average Bonchev–Trinajstić information content (AvgIpc) is 3.50. The molecule has 0 fully saturated rings. The molecule has 10 heteroatoms. The molecule has 0 spiro atoms. The minimum absolute atomic E-state index is 0.237. The van der Waals surface area contributed by atoms with Crippen LogP contribution in [0.15, 0.2) is 42.5 Å². The Kier molecular flexibility index (Phi) is 8.02. The molecule has 0 saturated carbocycles. The highest BCUT2D eigenvalue weighted by molar-refractivity contribution is 7.19. The van der Waals surface area contributed by atoms with E-state index >= 15 is 0 Å². The van der Waals surface area contributed by atoms with Gasteiger partial charge in [0.2, 0.25) is 0 Å². The zero-order valence-corrected chi connectivity index (χ0v) is 24.1. The molecule has 1 aliphatic carbocycles. The Labute approximate surface area is 239 Å². The second kappa shape index (κ2) is 11.5. The van der Waals surface area contributed by atoms with Crippen molar-refractivity contribution in [2.24, 2.45) is 5.92 Å². The maximum atomic E-state index is 13.3. The number of hydrogen-bond donors (Lipinski definition) is 1. The zero-order valence-electron chi connectivity index (χ0n) is 21.7. The van der Waals surface area contributed by atoms with Gasteiger partial charge in [0.05, 0.1) is 38.2 Å². The van der Waals surface area contributed by atoms with E-state index in [4.69, 9.17) is 21.1 Å². The van der Waals surface area contributed by atoms with E-state index in [2.05, 4.69) is 17.2 Å². The number of nitrogens with zero attached hydrogens (tertiary/aromatic N) is 1. The van der Waals surface area contributed by atoms with Crippen molar-refractivity contribution in [3.05, 3.63) is 68.4 Å². The highest BCUT2D eigenvalue weighted by Crippen LogP contribution is 2.40. The summed E-state index contributed by atoms with van der Waals surface area (Å²) >= 11 is 8.87. The number of halogens is 1. The van der Waals surface area contributed by atoms with E-state index in [1.165, 1.54) is 29.6 Å². The van der Waals surface area contributed by atoms with Crippen LogP contribution in [0.1, 0.15) is 58.3 Å². The number of esters is 2. The molecule has 0 bridgehead atoms. The molecule has 0 aliphatic heterocycles. The Balaban J connectivity index is 1.39. The van der Waals surface area contributed by atoms with Crippen LogP contribution in [0.5, 0.6) is 0 Å². The molecular formula is C29H27ClN2O5S2. The number of amides is 1. The van der Waals surface area contributed by atoms with Gasteiger partial charge in [0.25, 0.3) is 5.91 Å². The highest BCUT2D eigenvalue weighted by atomic mass is 35.5. The number of aromatic nitrogens is 1. The SMILES string of the molecule is CCOC(=O)c1c(NC(=O)[C@@H](C)OC(=O)c2cc(-c3ccc(Cl)s3)nc3ccccc23)sc2c1CC[C@H](C)C2. The van der Waals surface area contributed by atoms with Crippen molar-refractivity contribution in [1.82, 2.24) is 4.98 Å². The van der Waals surface area contributed by atoms with Crippen molar-refractivity contribution in [2.45, 2.75) is 46.1 Å². The van der Waals surface area contributed by atoms with E-state index in [1.807, 2.05) is 24.3 Å². The van der Waals surface area contributed by atoms with Crippen molar-refractivity contribution in [3.63, 3.8) is 0 Å². The molecule has 39 heavy (non-hydrogen) atoms. The number of ether oxygens (including phenoxy) is 2. The highest BCUT2D eigenvalue weighted by Gasteiger charge is 2.30. The lowest BCUT2D eigenvalue weighted by Crippen LogP contribution is -2.30. The zero-order chi connectivity index (χ0) is 27.7. The van der Waals surface area contributed by atoms with Crippen LogP contribution in [0, 0.1) is 5.92 Å². The number of pyridine rings is 1. The van der Waals surface area contributed by atoms with E-state index in [0.29, 0.717) is 43.0 Å². The standard InChI is InChI=1S/C29H27ClN2O5S2/c1-4-36-29(35)25-18-10-9-15(2)13-23(18)39-27(25)32-26(33)16(3)37-28(34)19-14-21(22-11-12-24(30)38-22)31-20-8-6-5-7-17(19)20/h5-8,11-12,14-16H,4,9-10,13H2,1-3H3,(H,32,33)/t15-,16+/m0/s1. The molecule has 1 aliphatic rings.